The molecule has 0 N–H and O–H groups in total. The zero-order valence-corrected chi connectivity index (χ0v) is 8.24. The first-order valence-electron chi connectivity index (χ1n) is 2.95. The van der Waals surface area contributed by atoms with Crippen LogP contribution in [0, 0.1) is 0 Å². The van der Waals surface area contributed by atoms with E-state index in [4.69, 9.17) is 11.6 Å². The molecule has 1 aromatic rings. The Bertz CT molecular complexity index is 317. The van der Waals surface area contributed by atoms with Gasteiger partial charge < -0.3 is 4.74 Å². The van der Waals surface area contributed by atoms with Crippen LogP contribution in [0.1, 0.15) is 0 Å². The number of ether oxygens (including phenoxy) is 1. The van der Waals surface area contributed by atoms with Crippen LogP contribution in [0.5, 0.6) is 5.88 Å². The van der Waals surface area contributed by atoms with E-state index in [2.05, 4.69) is 25.7 Å². The Balaban J connectivity index is 2.90. The van der Waals surface area contributed by atoms with E-state index >= 15 is 0 Å². The summed E-state index contributed by atoms with van der Waals surface area (Å²) in [6.45, 7) is 0. The van der Waals surface area contributed by atoms with E-state index in [9.17, 15) is 13.2 Å². The van der Waals surface area contributed by atoms with Gasteiger partial charge in [-0.2, -0.15) is 0 Å². The molecule has 7 heteroatoms. The fourth-order valence-corrected chi connectivity index (χ4v) is 1.25. The minimum Gasteiger partial charge on any atom is -0.386 e. The summed E-state index contributed by atoms with van der Waals surface area (Å²) >= 11 is 8.41. The maximum Gasteiger partial charge on any atom is 0.574 e. The van der Waals surface area contributed by atoms with E-state index < -0.39 is 12.2 Å². The summed E-state index contributed by atoms with van der Waals surface area (Å²) in [5.41, 5.74) is 0. The van der Waals surface area contributed by atoms with Crippen LogP contribution in [0.4, 0.5) is 13.2 Å². The van der Waals surface area contributed by atoms with Gasteiger partial charge in [-0.05, 0) is 22.0 Å². The summed E-state index contributed by atoms with van der Waals surface area (Å²) in [4.78, 5) is 3.34. The molecular weight excluding hydrogens is 274 g/mol. The molecule has 0 aromatic carbocycles. The van der Waals surface area contributed by atoms with Crippen molar-refractivity contribution in [3.63, 3.8) is 0 Å². The number of nitrogens with zero attached hydrogens (tertiary/aromatic N) is 1. The minimum atomic E-state index is -4.77. The molecule has 72 valence electrons. The van der Waals surface area contributed by atoms with Crippen molar-refractivity contribution >= 4 is 27.5 Å². The average molecular weight is 276 g/mol. The molecule has 0 unspecified atom stereocenters. The summed E-state index contributed by atoms with van der Waals surface area (Å²) < 4.78 is 39.1. The van der Waals surface area contributed by atoms with Crippen molar-refractivity contribution in [2.75, 3.05) is 0 Å². The summed E-state index contributed by atoms with van der Waals surface area (Å²) in [7, 11) is 0. The molecule has 0 aliphatic rings. The van der Waals surface area contributed by atoms with Gasteiger partial charge in [-0.3, -0.25) is 0 Å². The van der Waals surface area contributed by atoms with Crippen LogP contribution in [-0.2, 0) is 0 Å². The van der Waals surface area contributed by atoms with Crippen LogP contribution in [0.3, 0.4) is 0 Å². The molecule has 1 heterocycles. The highest BCUT2D eigenvalue weighted by atomic mass is 79.9. The van der Waals surface area contributed by atoms with Crippen LogP contribution in [0.2, 0.25) is 5.02 Å². The van der Waals surface area contributed by atoms with Gasteiger partial charge in [0.15, 0.2) is 0 Å². The third-order valence-electron chi connectivity index (χ3n) is 0.986. The molecule has 0 spiro atoms. The zero-order valence-electron chi connectivity index (χ0n) is 5.90. The molecule has 0 fully saturated rings. The van der Waals surface area contributed by atoms with Gasteiger partial charge in [0.25, 0.3) is 0 Å². The molecule has 0 saturated heterocycles. The topological polar surface area (TPSA) is 22.1 Å². The van der Waals surface area contributed by atoms with Crippen LogP contribution in [-0.4, -0.2) is 11.3 Å². The Morgan fingerprint density at radius 1 is 1.46 bits per heavy atom. The maximum atomic E-state index is 11.7. The average Bonchev–Trinajstić information content (AvgIpc) is 1.93. The monoisotopic (exact) mass is 275 g/mol. The second-order valence-corrected chi connectivity index (χ2v) is 3.31. The number of halogens is 5. The fraction of sp³-hybridized carbons (Fsp3) is 0.167. The third-order valence-corrected chi connectivity index (χ3v) is 1.69. The quantitative estimate of drug-likeness (QED) is 0.784. The molecule has 1 aromatic heterocycles. The first kappa shape index (κ1) is 10.6. The van der Waals surface area contributed by atoms with E-state index in [1.807, 2.05) is 0 Å². The van der Waals surface area contributed by atoms with E-state index in [0.717, 1.165) is 6.20 Å². The van der Waals surface area contributed by atoms with Gasteiger partial charge in [-0.25, -0.2) is 4.98 Å². The molecule has 0 aliphatic carbocycles. The smallest absolute Gasteiger partial charge is 0.386 e. The van der Waals surface area contributed by atoms with Crippen molar-refractivity contribution in [1.29, 1.82) is 0 Å². The van der Waals surface area contributed by atoms with E-state index in [1.165, 1.54) is 6.07 Å². The van der Waals surface area contributed by atoms with Crippen molar-refractivity contribution in [2.45, 2.75) is 6.36 Å². The van der Waals surface area contributed by atoms with E-state index in [0.29, 0.717) is 4.47 Å². The van der Waals surface area contributed by atoms with Crippen molar-refractivity contribution in [3.05, 3.63) is 21.8 Å². The van der Waals surface area contributed by atoms with Crippen molar-refractivity contribution in [1.82, 2.24) is 4.98 Å². The molecule has 0 saturated carbocycles. The Labute approximate surface area is 84.8 Å². The first-order valence-corrected chi connectivity index (χ1v) is 4.12. The van der Waals surface area contributed by atoms with Gasteiger partial charge in [-0.1, -0.05) is 11.6 Å². The predicted molar refractivity (Wildman–Crippen MR) is 43.6 cm³/mol. The van der Waals surface area contributed by atoms with E-state index in [-0.39, 0.29) is 5.02 Å². The predicted octanol–water partition coefficient (Wildman–Crippen LogP) is 3.40. The SMILES string of the molecule is FC(F)(F)Oc1ncc(Br)cc1Cl. The molecular formula is C6H2BrClF3NO. The number of alkyl halides is 3. The summed E-state index contributed by atoms with van der Waals surface area (Å²) in [5.74, 6) is -0.655. The van der Waals surface area contributed by atoms with Gasteiger partial charge >= 0.3 is 6.36 Å². The van der Waals surface area contributed by atoms with Crippen LogP contribution < -0.4 is 4.74 Å². The molecule has 0 aliphatic heterocycles. The maximum absolute atomic E-state index is 11.7. The summed E-state index contributed by atoms with van der Waals surface area (Å²) in [6, 6.07) is 1.26. The first-order chi connectivity index (χ1) is 5.88. The highest BCUT2D eigenvalue weighted by Crippen LogP contribution is 2.29. The lowest BCUT2D eigenvalue weighted by molar-refractivity contribution is -0.276. The number of hydrogen-bond acceptors (Lipinski definition) is 2. The number of pyridine rings is 1. The Morgan fingerprint density at radius 2 is 2.08 bits per heavy atom. The molecule has 0 atom stereocenters. The van der Waals surface area contributed by atoms with Crippen LogP contribution >= 0.6 is 27.5 Å². The number of hydrogen-bond donors (Lipinski definition) is 0. The standard InChI is InChI=1S/C6H2BrClF3NO/c7-3-1-4(8)5(12-2-3)13-6(9,10)11/h1-2H. The molecule has 13 heavy (non-hydrogen) atoms. The molecule has 0 radical (unpaired) electrons. The molecule has 1 rings (SSSR count). The van der Waals surface area contributed by atoms with Gasteiger partial charge in [0.2, 0.25) is 5.88 Å². The van der Waals surface area contributed by atoms with Gasteiger partial charge in [0.1, 0.15) is 5.02 Å². The third kappa shape index (κ3) is 3.40. The van der Waals surface area contributed by atoms with Crippen LogP contribution in [0.15, 0.2) is 16.7 Å². The second kappa shape index (κ2) is 3.71. The van der Waals surface area contributed by atoms with Crippen LogP contribution in [0.25, 0.3) is 0 Å². The van der Waals surface area contributed by atoms with Crippen molar-refractivity contribution < 1.29 is 17.9 Å². The fourth-order valence-electron chi connectivity index (χ4n) is 0.587. The highest BCUT2D eigenvalue weighted by molar-refractivity contribution is 9.10. The van der Waals surface area contributed by atoms with E-state index in [1.54, 1.807) is 0 Å². The largest absolute Gasteiger partial charge is 0.574 e. The van der Waals surface area contributed by atoms with Gasteiger partial charge in [0.05, 0.1) is 0 Å². The second-order valence-electron chi connectivity index (χ2n) is 1.99. The lowest BCUT2D eigenvalue weighted by atomic mass is 10.5. The lowest BCUT2D eigenvalue weighted by Crippen LogP contribution is -2.18. The Morgan fingerprint density at radius 3 is 2.54 bits per heavy atom. The molecule has 0 bridgehead atoms. The van der Waals surface area contributed by atoms with Gasteiger partial charge in [0, 0.05) is 10.7 Å². The highest BCUT2D eigenvalue weighted by Gasteiger charge is 2.32. The van der Waals surface area contributed by atoms with Crippen molar-refractivity contribution in [3.8, 4) is 5.88 Å². The Kier molecular flexibility index (Phi) is 3.02. The summed E-state index contributed by atoms with van der Waals surface area (Å²) in [6.07, 6.45) is -3.61. The van der Waals surface area contributed by atoms with Gasteiger partial charge in [-0.15, -0.1) is 13.2 Å². The zero-order chi connectivity index (χ0) is 10.1. The minimum absolute atomic E-state index is 0.202. The van der Waals surface area contributed by atoms with Crippen molar-refractivity contribution in [2.24, 2.45) is 0 Å². The lowest BCUT2D eigenvalue weighted by Gasteiger charge is -2.08. The molecule has 0 amide bonds. The number of rotatable bonds is 1. The normalized spacial score (nSPS) is 11.5. The molecule has 2 nitrogen and oxygen atoms in total. The Hall–Kier alpha value is -0.490. The number of aromatic nitrogens is 1. The summed E-state index contributed by atoms with van der Waals surface area (Å²) in [5, 5.41) is -0.202.